The second kappa shape index (κ2) is 3.95. The highest BCUT2D eigenvalue weighted by atomic mass is 32.1. The van der Waals surface area contributed by atoms with Crippen LogP contribution >= 0.6 is 11.3 Å². The molecule has 1 aromatic heterocycles. The summed E-state index contributed by atoms with van der Waals surface area (Å²) in [5.74, 6) is 0. The van der Waals surface area contributed by atoms with Crippen molar-refractivity contribution in [1.29, 1.82) is 0 Å². The fraction of sp³-hybridized carbons (Fsp3) is 0.167. The minimum Gasteiger partial charge on any atom is -0.324 e. The fourth-order valence-electron chi connectivity index (χ4n) is 1.53. The zero-order valence-electron chi connectivity index (χ0n) is 7.94. The second-order valence-electron chi connectivity index (χ2n) is 3.36. The Balaban J connectivity index is 2.38. The van der Waals surface area contributed by atoms with Crippen molar-refractivity contribution in [3.63, 3.8) is 0 Å². The Hall–Kier alpha value is -1.12. The maximum absolute atomic E-state index is 5.84. The predicted octanol–water partition coefficient (Wildman–Crippen LogP) is 2.96. The molecule has 0 spiro atoms. The molecule has 1 heterocycles. The minimum absolute atomic E-state index is 0.0630. The van der Waals surface area contributed by atoms with Gasteiger partial charge in [0.1, 0.15) is 0 Å². The van der Waals surface area contributed by atoms with E-state index in [4.69, 9.17) is 5.73 Å². The average Bonchev–Trinajstić information content (AvgIpc) is 2.62. The lowest BCUT2D eigenvalue weighted by atomic mass is 10.1. The van der Waals surface area contributed by atoms with Crippen LogP contribution in [0.3, 0.4) is 0 Å². The van der Waals surface area contributed by atoms with Gasteiger partial charge in [0.25, 0.3) is 0 Å². The van der Waals surface area contributed by atoms with E-state index in [0.717, 1.165) is 6.42 Å². The van der Waals surface area contributed by atoms with Gasteiger partial charge < -0.3 is 5.73 Å². The molecule has 2 N–H and O–H groups in total. The molecule has 0 bridgehead atoms. The van der Waals surface area contributed by atoms with Crippen LogP contribution in [-0.2, 0) is 6.42 Å². The summed E-state index contributed by atoms with van der Waals surface area (Å²) in [6.07, 6.45) is 2.68. The Morgan fingerprint density at radius 2 is 2.21 bits per heavy atom. The summed E-state index contributed by atoms with van der Waals surface area (Å²) >= 11 is 1.78. The molecule has 2 rings (SSSR count). The Morgan fingerprint density at radius 1 is 1.43 bits per heavy atom. The zero-order chi connectivity index (χ0) is 9.97. The molecule has 2 heteroatoms. The van der Waals surface area contributed by atoms with Crippen molar-refractivity contribution in [3.05, 3.63) is 47.9 Å². The monoisotopic (exact) mass is 203 g/mol. The predicted molar refractivity (Wildman–Crippen MR) is 63.7 cm³/mol. The zero-order valence-corrected chi connectivity index (χ0v) is 8.76. The van der Waals surface area contributed by atoms with Crippen molar-refractivity contribution in [3.8, 4) is 0 Å². The van der Waals surface area contributed by atoms with Crippen molar-refractivity contribution >= 4 is 21.4 Å². The van der Waals surface area contributed by atoms with Crippen LogP contribution in [0.4, 0.5) is 0 Å². The lowest BCUT2D eigenvalue weighted by molar-refractivity contribution is 0.819. The van der Waals surface area contributed by atoms with Crippen molar-refractivity contribution < 1.29 is 0 Å². The molecule has 0 fully saturated rings. The number of rotatable bonds is 3. The van der Waals surface area contributed by atoms with E-state index in [9.17, 15) is 0 Å². The van der Waals surface area contributed by atoms with E-state index in [-0.39, 0.29) is 6.04 Å². The number of thiophene rings is 1. The first-order valence-corrected chi connectivity index (χ1v) is 5.52. The Morgan fingerprint density at radius 3 is 3.00 bits per heavy atom. The lowest BCUT2D eigenvalue weighted by Crippen LogP contribution is -2.18. The van der Waals surface area contributed by atoms with Gasteiger partial charge >= 0.3 is 0 Å². The molecule has 0 amide bonds. The maximum Gasteiger partial charge on any atom is 0.0345 e. The molecule has 0 saturated heterocycles. The molecule has 0 radical (unpaired) electrons. The molecule has 14 heavy (non-hydrogen) atoms. The third-order valence-electron chi connectivity index (χ3n) is 2.32. The molecule has 0 aliphatic carbocycles. The van der Waals surface area contributed by atoms with E-state index in [1.165, 1.54) is 15.6 Å². The molecular formula is C12H13NS. The van der Waals surface area contributed by atoms with Crippen LogP contribution in [0.15, 0.2) is 42.3 Å². The van der Waals surface area contributed by atoms with Crippen molar-refractivity contribution in [1.82, 2.24) is 0 Å². The molecule has 0 aliphatic rings. The van der Waals surface area contributed by atoms with Gasteiger partial charge in [0.2, 0.25) is 0 Å². The summed E-state index contributed by atoms with van der Waals surface area (Å²) < 4.78 is 1.33. The molecule has 0 unspecified atom stereocenters. The summed E-state index contributed by atoms with van der Waals surface area (Å²) in [4.78, 5) is 0. The van der Waals surface area contributed by atoms with Crippen LogP contribution in [0, 0.1) is 0 Å². The van der Waals surface area contributed by atoms with Crippen molar-refractivity contribution in [2.45, 2.75) is 12.5 Å². The lowest BCUT2D eigenvalue weighted by Gasteiger charge is -2.04. The quantitative estimate of drug-likeness (QED) is 0.763. The third-order valence-corrected chi connectivity index (χ3v) is 3.33. The van der Waals surface area contributed by atoms with Crippen LogP contribution in [0.5, 0.6) is 0 Å². The number of nitrogens with two attached hydrogens (primary N) is 1. The average molecular weight is 203 g/mol. The first kappa shape index (κ1) is 9.44. The fourth-order valence-corrected chi connectivity index (χ4v) is 2.50. The van der Waals surface area contributed by atoms with Gasteiger partial charge in [0, 0.05) is 10.7 Å². The third kappa shape index (κ3) is 1.72. The van der Waals surface area contributed by atoms with Gasteiger partial charge in [0.05, 0.1) is 0 Å². The van der Waals surface area contributed by atoms with Gasteiger partial charge in [-0.05, 0) is 28.8 Å². The van der Waals surface area contributed by atoms with E-state index >= 15 is 0 Å². The van der Waals surface area contributed by atoms with Crippen LogP contribution in [-0.4, -0.2) is 6.04 Å². The highest BCUT2D eigenvalue weighted by molar-refractivity contribution is 7.17. The number of hydrogen-bond acceptors (Lipinski definition) is 2. The van der Waals surface area contributed by atoms with Crippen LogP contribution in [0.1, 0.15) is 5.56 Å². The van der Waals surface area contributed by atoms with E-state index in [1.54, 1.807) is 17.4 Å². The molecule has 0 saturated carbocycles. The molecule has 2 aromatic rings. The maximum atomic E-state index is 5.84. The molecule has 72 valence electrons. The van der Waals surface area contributed by atoms with E-state index in [1.807, 2.05) is 0 Å². The van der Waals surface area contributed by atoms with E-state index in [2.05, 4.69) is 36.2 Å². The first-order chi connectivity index (χ1) is 6.81. The number of benzene rings is 1. The summed E-state index contributed by atoms with van der Waals surface area (Å²) in [5.41, 5.74) is 7.17. The Bertz CT molecular complexity index is 444. The summed E-state index contributed by atoms with van der Waals surface area (Å²) in [7, 11) is 0. The van der Waals surface area contributed by atoms with Gasteiger partial charge in [-0.25, -0.2) is 0 Å². The first-order valence-electron chi connectivity index (χ1n) is 4.64. The highest BCUT2D eigenvalue weighted by Gasteiger charge is 2.05. The largest absolute Gasteiger partial charge is 0.324 e. The molecule has 1 atom stereocenters. The summed E-state index contributed by atoms with van der Waals surface area (Å²) in [6.45, 7) is 3.70. The molecule has 1 nitrogen and oxygen atoms in total. The van der Waals surface area contributed by atoms with Crippen molar-refractivity contribution in [2.75, 3.05) is 0 Å². The van der Waals surface area contributed by atoms with Gasteiger partial charge in [-0.3, -0.25) is 0 Å². The Labute approximate surface area is 87.9 Å². The minimum atomic E-state index is 0.0630. The highest BCUT2D eigenvalue weighted by Crippen LogP contribution is 2.26. The van der Waals surface area contributed by atoms with Crippen LogP contribution in [0.25, 0.3) is 10.1 Å². The second-order valence-corrected chi connectivity index (χ2v) is 4.27. The SMILES string of the molecule is C=C[C@@H](N)Cc1csc2ccccc12. The molecular weight excluding hydrogens is 190 g/mol. The van der Waals surface area contributed by atoms with E-state index in [0.29, 0.717) is 0 Å². The number of fused-ring (bicyclic) bond motifs is 1. The van der Waals surface area contributed by atoms with E-state index < -0.39 is 0 Å². The number of hydrogen-bond donors (Lipinski definition) is 1. The summed E-state index contributed by atoms with van der Waals surface area (Å²) in [5, 5.41) is 3.52. The van der Waals surface area contributed by atoms with Gasteiger partial charge in [-0.2, -0.15) is 0 Å². The molecule has 0 aliphatic heterocycles. The topological polar surface area (TPSA) is 26.0 Å². The smallest absolute Gasteiger partial charge is 0.0345 e. The normalized spacial score (nSPS) is 12.9. The van der Waals surface area contributed by atoms with Crippen molar-refractivity contribution in [2.24, 2.45) is 5.73 Å². The van der Waals surface area contributed by atoms with Crippen LogP contribution in [0.2, 0.25) is 0 Å². The standard InChI is InChI=1S/C12H13NS/c1-2-10(13)7-9-8-14-12-6-4-3-5-11(9)12/h2-6,8,10H,1,7,13H2/t10-/m1/s1. The molecule has 1 aromatic carbocycles. The van der Waals surface area contributed by atoms with Gasteiger partial charge in [-0.1, -0.05) is 24.3 Å². The summed E-state index contributed by atoms with van der Waals surface area (Å²) in [6, 6.07) is 8.49. The van der Waals surface area contributed by atoms with Gasteiger partial charge in [0.15, 0.2) is 0 Å². The van der Waals surface area contributed by atoms with Crippen LogP contribution < -0.4 is 5.73 Å². The Kier molecular flexibility index (Phi) is 2.66. The van der Waals surface area contributed by atoms with Gasteiger partial charge in [-0.15, -0.1) is 17.9 Å².